The molecular weight excluding hydrogens is 468 g/mol. The minimum Gasteiger partial charge on any atom is -0.493 e. The maximum Gasteiger partial charge on any atom is 0.326 e. The van der Waals surface area contributed by atoms with Crippen LogP contribution in [0.4, 0.5) is 16.4 Å². The number of benzene rings is 2. The lowest BCUT2D eigenvalue weighted by Gasteiger charge is -2.11. The highest BCUT2D eigenvalue weighted by atomic mass is 32.2. The Morgan fingerprint density at radius 2 is 1.86 bits per heavy atom. The molecule has 2 aromatic heterocycles. The molecule has 10 nitrogen and oxygen atoms in total. The highest BCUT2D eigenvalue weighted by Crippen LogP contribution is 2.37. The van der Waals surface area contributed by atoms with E-state index in [-0.39, 0.29) is 5.88 Å². The first-order valence-corrected chi connectivity index (χ1v) is 11.3. The summed E-state index contributed by atoms with van der Waals surface area (Å²) in [6, 6.07) is 14.1. The molecule has 2 N–H and O–H groups in total. The van der Waals surface area contributed by atoms with E-state index < -0.39 is 11.4 Å². The van der Waals surface area contributed by atoms with Gasteiger partial charge in [-0.25, -0.2) is 14.8 Å². The summed E-state index contributed by atoms with van der Waals surface area (Å²) in [6.07, 6.45) is 1.49. The number of anilines is 2. The van der Waals surface area contributed by atoms with E-state index in [2.05, 4.69) is 31.8 Å². The molecular formula is C24H22N6O4S. The van der Waals surface area contributed by atoms with Crippen LogP contribution < -0.4 is 20.1 Å². The van der Waals surface area contributed by atoms with Gasteiger partial charge in [0.05, 0.1) is 31.2 Å². The predicted octanol–water partition coefficient (Wildman–Crippen LogP) is 5.23. The van der Waals surface area contributed by atoms with Crippen LogP contribution in [0.25, 0.3) is 10.9 Å². The molecule has 0 spiro atoms. The number of rotatable bonds is 7. The molecule has 0 fully saturated rings. The van der Waals surface area contributed by atoms with E-state index in [0.717, 1.165) is 20.8 Å². The first-order valence-electron chi connectivity index (χ1n) is 10.4. The van der Waals surface area contributed by atoms with Crippen molar-refractivity contribution in [2.45, 2.75) is 29.2 Å². The number of carbonyl (C=O) groups is 1. The van der Waals surface area contributed by atoms with E-state index >= 15 is 0 Å². The quantitative estimate of drug-likeness (QED) is 0.334. The number of ether oxygens (including phenoxy) is 2. The highest BCUT2D eigenvalue weighted by Gasteiger charge is 2.25. The molecule has 0 atom stereocenters. The van der Waals surface area contributed by atoms with Gasteiger partial charge in [0, 0.05) is 28.1 Å². The number of nitriles is 1. The van der Waals surface area contributed by atoms with E-state index in [1.165, 1.54) is 24.2 Å². The Hall–Kier alpha value is -4.30. The van der Waals surface area contributed by atoms with Gasteiger partial charge in [0.25, 0.3) is 0 Å². The van der Waals surface area contributed by atoms with E-state index in [1.54, 1.807) is 40.2 Å². The van der Waals surface area contributed by atoms with Crippen LogP contribution in [0.2, 0.25) is 0 Å². The molecule has 0 radical (unpaired) electrons. The van der Waals surface area contributed by atoms with Crippen LogP contribution in [0.3, 0.4) is 0 Å². The number of urea groups is 1. The molecule has 178 valence electrons. The Morgan fingerprint density at radius 3 is 2.60 bits per heavy atom. The molecule has 4 aromatic rings. The molecule has 2 amide bonds. The van der Waals surface area contributed by atoms with Gasteiger partial charge in [-0.15, -0.1) is 0 Å². The molecule has 0 aliphatic rings. The van der Waals surface area contributed by atoms with E-state index in [1.807, 2.05) is 24.3 Å². The number of carbonyl (C=O) groups excluding carboxylic acids is 1. The van der Waals surface area contributed by atoms with Gasteiger partial charge in [-0.1, -0.05) is 23.0 Å². The summed E-state index contributed by atoms with van der Waals surface area (Å²) in [5.41, 5.74) is 0.897. The lowest BCUT2D eigenvalue weighted by atomic mass is 9.92. The molecule has 0 aliphatic carbocycles. The second-order valence-corrected chi connectivity index (χ2v) is 8.99. The van der Waals surface area contributed by atoms with Crippen LogP contribution in [0, 0.1) is 11.3 Å². The third kappa shape index (κ3) is 5.28. The zero-order valence-corrected chi connectivity index (χ0v) is 20.3. The van der Waals surface area contributed by atoms with Crippen LogP contribution in [-0.4, -0.2) is 35.4 Å². The number of hydrogen-bond acceptors (Lipinski definition) is 9. The number of aromatic nitrogens is 3. The van der Waals surface area contributed by atoms with Gasteiger partial charge < -0.3 is 19.3 Å². The summed E-state index contributed by atoms with van der Waals surface area (Å²) in [5, 5.41) is 20.0. The Balaban J connectivity index is 1.50. The normalized spacial score (nSPS) is 11.1. The number of hydrogen-bond donors (Lipinski definition) is 2. The Bertz CT molecular complexity index is 1430. The SMILES string of the molecule is COc1cc2ncnc(Sc3cccc(NC(=O)Nc4cc(C(C)(C)C#N)no4)c3)c2cc1OC. The van der Waals surface area contributed by atoms with Gasteiger partial charge >= 0.3 is 6.03 Å². The van der Waals surface area contributed by atoms with Gasteiger partial charge in [0.15, 0.2) is 11.5 Å². The monoisotopic (exact) mass is 490 g/mol. The predicted molar refractivity (Wildman–Crippen MR) is 131 cm³/mol. The largest absolute Gasteiger partial charge is 0.493 e. The van der Waals surface area contributed by atoms with Gasteiger partial charge in [-0.05, 0) is 38.1 Å². The van der Waals surface area contributed by atoms with Crippen molar-refractivity contribution in [1.29, 1.82) is 5.26 Å². The number of fused-ring (bicyclic) bond motifs is 1. The van der Waals surface area contributed by atoms with Crippen molar-refractivity contribution in [2.75, 3.05) is 24.9 Å². The molecule has 2 heterocycles. The molecule has 0 unspecified atom stereocenters. The minimum atomic E-state index is -0.828. The number of nitrogens with one attached hydrogen (secondary N) is 2. The maximum absolute atomic E-state index is 12.5. The van der Waals surface area contributed by atoms with Crippen molar-refractivity contribution in [3.8, 4) is 17.6 Å². The number of amides is 2. The third-order valence-electron chi connectivity index (χ3n) is 5.08. The van der Waals surface area contributed by atoms with Crippen molar-refractivity contribution in [2.24, 2.45) is 0 Å². The standard InChI is InChI=1S/C24H22N6O4S/c1-24(2,12-25)20-11-21(34-30-20)29-23(31)28-14-6-5-7-15(8-14)35-22-16-9-18(32-3)19(33-4)10-17(16)26-13-27-22/h5-11,13H,1-4H3,(H2,28,29,31). The fourth-order valence-corrected chi connectivity index (χ4v) is 4.08. The second-order valence-electron chi connectivity index (χ2n) is 7.93. The average Bonchev–Trinajstić information content (AvgIpc) is 3.33. The van der Waals surface area contributed by atoms with Gasteiger partial charge in [0.1, 0.15) is 17.0 Å². The zero-order valence-electron chi connectivity index (χ0n) is 19.4. The molecule has 0 saturated carbocycles. The van der Waals surface area contributed by atoms with Crippen LogP contribution >= 0.6 is 11.8 Å². The van der Waals surface area contributed by atoms with Gasteiger partial charge in [0.2, 0.25) is 5.88 Å². The molecule has 0 saturated heterocycles. The lowest BCUT2D eigenvalue weighted by Crippen LogP contribution is -2.19. The molecule has 4 rings (SSSR count). The van der Waals surface area contributed by atoms with E-state index in [4.69, 9.17) is 14.0 Å². The van der Waals surface area contributed by atoms with Crippen molar-refractivity contribution in [3.63, 3.8) is 0 Å². The zero-order chi connectivity index (χ0) is 25.0. The molecule has 0 bridgehead atoms. The van der Waals surface area contributed by atoms with E-state index in [0.29, 0.717) is 22.9 Å². The first kappa shape index (κ1) is 23.8. The van der Waals surface area contributed by atoms with Gasteiger partial charge in [-0.3, -0.25) is 5.32 Å². The molecule has 35 heavy (non-hydrogen) atoms. The summed E-state index contributed by atoms with van der Waals surface area (Å²) < 4.78 is 15.9. The van der Waals surface area contributed by atoms with Crippen molar-refractivity contribution in [1.82, 2.24) is 15.1 Å². The Labute approximate surface area is 205 Å². The highest BCUT2D eigenvalue weighted by molar-refractivity contribution is 7.99. The summed E-state index contributed by atoms with van der Waals surface area (Å²) in [4.78, 5) is 22.1. The smallest absolute Gasteiger partial charge is 0.326 e. The summed E-state index contributed by atoms with van der Waals surface area (Å²) in [6.45, 7) is 3.43. The van der Waals surface area contributed by atoms with Crippen molar-refractivity contribution < 1.29 is 18.8 Å². The first-order chi connectivity index (χ1) is 16.8. The Kier molecular flexibility index (Phi) is 6.75. The number of methoxy groups -OCH3 is 2. The minimum absolute atomic E-state index is 0.142. The summed E-state index contributed by atoms with van der Waals surface area (Å²) >= 11 is 1.43. The Morgan fingerprint density at radius 1 is 1.09 bits per heavy atom. The van der Waals surface area contributed by atoms with Crippen LogP contribution in [-0.2, 0) is 5.41 Å². The molecule has 0 aliphatic heterocycles. The maximum atomic E-state index is 12.5. The van der Waals surface area contributed by atoms with Gasteiger partial charge in [-0.2, -0.15) is 5.26 Å². The van der Waals surface area contributed by atoms with E-state index in [9.17, 15) is 10.1 Å². The average molecular weight is 491 g/mol. The van der Waals surface area contributed by atoms with Crippen molar-refractivity contribution in [3.05, 3.63) is 54.5 Å². The summed E-state index contributed by atoms with van der Waals surface area (Å²) in [5.74, 6) is 1.31. The van der Waals surface area contributed by atoms with Crippen LogP contribution in [0.15, 0.2) is 63.2 Å². The molecule has 2 aromatic carbocycles. The second kappa shape index (κ2) is 9.90. The number of nitrogens with zero attached hydrogens (tertiary/aromatic N) is 4. The van der Waals surface area contributed by atoms with Crippen LogP contribution in [0.5, 0.6) is 11.5 Å². The van der Waals surface area contributed by atoms with Crippen LogP contribution in [0.1, 0.15) is 19.5 Å². The third-order valence-corrected chi connectivity index (χ3v) is 6.09. The summed E-state index contributed by atoms with van der Waals surface area (Å²) in [7, 11) is 3.15. The fourth-order valence-electron chi connectivity index (χ4n) is 3.15. The van der Waals surface area contributed by atoms with Crippen molar-refractivity contribution >= 4 is 40.3 Å². The lowest BCUT2D eigenvalue weighted by molar-refractivity contribution is 0.261. The fraction of sp³-hybridized carbons (Fsp3) is 0.208. The topological polar surface area (TPSA) is 135 Å². The molecule has 11 heteroatoms.